The molecule has 0 aliphatic carbocycles. The molecule has 0 aliphatic heterocycles. The highest BCUT2D eigenvalue weighted by Gasteiger charge is 1.98. The topological polar surface area (TPSA) is 134 Å². The van der Waals surface area contributed by atoms with E-state index in [0.717, 1.165) is 25.7 Å². The largest absolute Gasteiger partial charge is 0.338 e. The summed E-state index contributed by atoms with van der Waals surface area (Å²) in [5.41, 5.74) is 10.5. The summed E-state index contributed by atoms with van der Waals surface area (Å²) >= 11 is 0. The molecule has 8 N–H and O–H groups in total. The summed E-state index contributed by atoms with van der Waals surface area (Å²) in [5.74, 6) is 0. The van der Waals surface area contributed by atoms with Crippen molar-refractivity contribution in [3.8, 4) is 0 Å². The van der Waals surface area contributed by atoms with Gasteiger partial charge < -0.3 is 32.7 Å². The van der Waals surface area contributed by atoms with Gasteiger partial charge in [-0.05, 0) is 12.8 Å². The van der Waals surface area contributed by atoms with Crippen molar-refractivity contribution in [2.75, 3.05) is 39.3 Å². The molecule has 0 atom stereocenters. The number of carbonyl (C=O) groups is 2. The van der Waals surface area contributed by atoms with Crippen molar-refractivity contribution < 1.29 is 9.59 Å². The molecule has 0 aromatic rings. The third-order valence-corrected chi connectivity index (χ3v) is 2.53. The Kier molecular flexibility index (Phi) is 12.8. The molecule has 0 heterocycles. The Morgan fingerprint density at radius 3 is 1.30 bits per heavy atom. The fourth-order valence-corrected chi connectivity index (χ4v) is 1.50. The number of hydrogen-bond donors (Lipinski definition) is 6. The Morgan fingerprint density at radius 1 is 0.600 bits per heavy atom. The summed E-state index contributed by atoms with van der Waals surface area (Å²) in [5, 5.41) is 10.8. The maximum atomic E-state index is 11.2. The van der Waals surface area contributed by atoms with Crippen molar-refractivity contribution in [3.63, 3.8) is 0 Å². The summed E-state index contributed by atoms with van der Waals surface area (Å²) in [6.45, 7) is 3.17. The Labute approximate surface area is 120 Å². The van der Waals surface area contributed by atoms with E-state index < -0.39 is 0 Å². The van der Waals surface area contributed by atoms with Crippen LogP contribution in [0.5, 0.6) is 0 Å². The van der Waals surface area contributed by atoms with Crippen LogP contribution in [0.15, 0.2) is 0 Å². The molecular formula is C12H28N6O2. The molecule has 20 heavy (non-hydrogen) atoms. The highest BCUT2D eigenvalue weighted by molar-refractivity contribution is 5.74. The number of unbranched alkanes of at least 4 members (excludes halogenated alkanes) is 3. The van der Waals surface area contributed by atoms with Gasteiger partial charge in [-0.15, -0.1) is 0 Å². The van der Waals surface area contributed by atoms with Crippen LogP contribution >= 0.6 is 0 Å². The lowest BCUT2D eigenvalue weighted by molar-refractivity contribution is 0.239. The molecule has 0 saturated heterocycles. The van der Waals surface area contributed by atoms with Gasteiger partial charge in [-0.25, -0.2) is 9.59 Å². The average Bonchev–Trinajstić information content (AvgIpc) is 2.45. The Morgan fingerprint density at radius 2 is 0.950 bits per heavy atom. The number of urea groups is 2. The maximum absolute atomic E-state index is 11.2. The van der Waals surface area contributed by atoms with Crippen LogP contribution in [-0.4, -0.2) is 51.3 Å². The maximum Gasteiger partial charge on any atom is 0.314 e. The van der Waals surface area contributed by atoms with Gasteiger partial charge in [-0.3, -0.25) is 0 Å². The monoisotopic (exact) mass is 288 g/mol. The average molecular weight is 288 g/mol. The number of nitrogens with two attached hydrogens (primary N) is 2. The zero-order valence-electron chi connectivity index (χ0n) is 12.0. The van der Waals surface area contributed by atoms with Gasteiger partial charge in [0.25, 0.3) is 0 Å². The first-order chi connectivity index (χ1) is 9.70. The molecule has 0 aromatic heterocycles. The molecule has 0 radical (unpaired) electrons. The first-order valence-electron chi connectivity index (χ1n) is 7.14. The Bertz CT molecular complexity index is 236. The fraction of sp³-hybridized carbons (Fsp3) is 0.833. The second-order valence-electron chi connectivity index (χ2n) is 4.36. The summed E-state index contributed by atoms with van der Waals surface area (Å²) < 4.78 is 0. The van der Waals surface area contributed by atoms with Gasteiger partial charge >= 0.3 is 12.1 Å². The van der Waals surface area contributed by atoms with E-state index in [2.05, 4.69) is 21.3 Å². The van der Waals surface area contributed by atoms with Crippen LogP contribution in [0, 0.1) is 0 Å². The molecule has 8 nitrogen and oxygen atoms in total. The van der Waals surface area contributed by atoms with Gasteiger partial charge in [-0.1, -0.05) is 12.8 Å². The number of amides is 4. The molecule has 118 valence electrons. The first-order valence-corrected chi connectivity index (χ1v) is 7.14. The molecule has 0 aromatic carbocycles. The van der Waals surface area contributed by atoms with E-state index in [-0.39, 0.29) is 12.1 Å². The third-order valence-electron chi connectivity index (χ3n) is 2.53. The number of hydrogen-bond acceptors (Lipinski definition) is 4. The summed E-state index contributed by atoms with van der Waals surface area (Å²) in [6, 6.07) is -0.345. The molecule has 0 spiro atoms. The molecule has 0 bridgehead atoms. The SMILES string of the molecule is NCCNC(=O)NCCCCCCNC(=O)NCCN. The van der Waals surface area contributed by atoms with Gasteiger partial charge in [0, 0.05) is 39.3 Å². The van der Waals surface area contributed by atoms with Crippen LogP contribution in [0.3, 0.4) is 0 Å². The third kappa shape index (κ3) is 12.9. The minimum absolute atomic E-state index is 0.173. The van der Waals surface area contributed by atoms with Crippen molar-refractivity contribution in [2.24, 2.45) is 11.5 Å². The molecule has 0 unspecified atom stereocenters. The van der Waals surface area contributed by atoms with E-state index in [4.69, 9.17) is 11.5 Å². The fourth-order valence-electron chi connectivity index (χ4n) is 1.50. The van der Waals surface area contributed by atoms with E-state index in [1.807, 2.05) is 0 Å². The minimum Gasteiger partial charge on any atom is -0.338 e. The van der Waals surface area contributed by atoms with Crippen LogP contribution in [0.25, 0.3) is 0 Å². The smallest absolute Gasteiger partial charge is 0.314 e. The Hall–Kier alpha value is -1.54. The molecule has 4 amide bonds. The quantitative estimate of drug-likeness (QED) is 0.274. The van der Waals surface area contributed by atoms with Crippen LogP contribution in [-0.2, 0) is 0 Å². The van der Waals surface area contributed by atoms with Gasteiger partial charge in [0.15, 0.2) is 0 Å². The predicted molar refractivity (Wildman–Crippen MR) is 79.4 cm³/mol. The number of carbonyl (C=O) groups excluding carboxylic acids is 2. The summed E-state index contributed by atoms with van der Waals surface area (Å²) in [4.78, 5) is 22.3. The second kappa shape index (κ2) is 13.9. The van der Waals surface area contributed by atoms with Gasteiger partial charge in [0.05, 0.1) is 0 Å². The standard InChI is InChI=1S/C12H28N6O2/c13-5-9-17-11(19)15-7-3-1-2-4-8-16-12(20)18-10-6-14/h1-10,13-14H2,(H2,15,17,19)(H2,16,18,20). The van der Waals surface area contributed by atoms with E-state index >= 15 is 0 Å². The van der Waals surface area contributed by atoms with Crippen LogP contribution in [0.1, 0.15) is 25.7 Å². The highest BCUT2D eigenvalue weighted by Crippen LogP contribution is 1.97. The normalized spacial score (nSPS) is 9.90. The summed E-state index contributed by atoms with van der Waals surface area (Å²) in [7, 11) is 0. The van der Waals surface area contributed by atoms with Crippen LogP contribution in [0.2, 0.25) is 0 Å². The number of rotatable bonds is 11. The van der Waals surface area contributed by atoms with Gasteiger partial charge in [0.1, 0.15) is 0 Å². The zero-order chi connectivity index (χ0) is 15.1. The highest BCUT2D eigenvalue weighted by atomic mass is 16.2. The lowest BCUT2D eigenvalue weighted by Gasteiger charge is -2.07. The van der Waals surface area contributed by atoms with Crippen LogP contribution in [0.4, 0.5) is 9.59 Å². The van der Waals surface area contributed by atoms with E-state index in [9.17, 15) is 9.59 Å². The zero-order valence-corrected chi connectivity index (χ0v) is 12.0. The lowest BCUT2D eigenvalue weighted by Crippen LogP contribution is -2.38. The van der Waals surface area contributed by atoms with E-state index in [0.29, 0.717) is 39.3 Å². The Balaban J connectivity index is 3.20. The van der Waals surface area contributed by atoms with Crippen molar-refractivity contribution in [2.45, 2.75) is 25.7 Å². The van der Waals surface area contributed by atoms with Crippen molar-refractivity contribution >= 4 is 12.1 Å². The van der Waals surface area contributed by atoms with Gasteiger partial charge in [0.2, 0.25) is 0 Å². The van der Waals surface area contributed by atoms with Crippen molar-refractivity contribution in [1.82, 2.24) is 21.3 Å². The van der Waals surface area contributed by atoms with Crippen molar-refractivity contribution in [3.05, 3.63) is 0 Å². The lowest BCUT2D eigenvalue weighted by atomic mass is 10.2. The molecular weight excluding hydrogens is 260 g/mol. The number of nitrogens with one attached hydrogen (secondary N) is 4. The summed E-state index contributed by atoms with van der Waals surface area (Å²) in [6.07, 6.45) is 3.89. The first kappa shape index (κ1) is 18.5. The minimum atomic E-state index is -0.173. The molecule has 0 saturated carbocycles. The molecule has 0 rings (SSSR count). The molecule has 0 fully saturated rings. The molecule has 8 heteroatoms. The van der Waals surface area contributed by atoms with E-state index in [1.165, 1.54) is 0 Å². The predicted octanol–water partition coefficient (Wildman–Crippen LogP) is -0.937. The van der Waals surface area contributed by atoms with E-state index in [1.54, 1.807) is 0 Å². The van der Waals surface area contributed by atoms with Crippen molar-refractivity contribution in [1.29, 1.82) is 0 Å². The second-order valence-corrected chi connectivity index (χ2v) is 4.36. The molecule has 0 aliphatic rings. The van der Waals surface area contributed by atoms with Gasteiger partial charge in [-0.2, -0.15) is 0 Å². The van der Waals surface area contributed by atoms with Crippen LogP contribution < -0.4 is 32.7 Å².